The normalized spacial score (nSPS) is 14.9. The number of amides is 1. The fraction of sp³-hybridized carbons (Fsp3) is 0.417. The molecule has 0 unspecified atom stereocenters. The van der Waals surface area contributed by atoms with Crippen LogP contribution in [0.25, 0.3) is 0 Å². The molecule has 0 spiro atoms. The zero-order valence-electron chi connectivity index (χ0n) is 10.2. The zero-order chi connectivity index (χ0) is 13.6. The number of benzene rings is 1. The third-order valence-electron chi connectivity index (χ3n) is 2.59. The van der Waals surface area contributed by atoms with Crippen LogP contribution in [0.15, 0.2) is 35.2 Å². The quantitative estimate of drug-likeness (QED) is 0.787. The van der Waals surface area contributed by atoms with Crippen molar-refractivity contribution in [2.24, 2.45) is 0 Å². The molecule has 0 radical (unpaired) electrons. The lowest BCUT2D eigenvalue weighted by Crippen LogP contribution is -2.24. The van der Waals surface area contributed by atoms with Crippen molar-refractivity contribution in [3.05, 3.63) is 30.3 Å². The van der Waals surface area contributed by atoms with Gasteiger partial charge < -0.3 is 4.90 Å². The van der Waals surface area contributed by atoms with Crippen LogP contribution < -0.4 is 0 Å². The zero-order valence-corrected chi connectivity index (χ0v) is 11.1. The predicted molar refractivity (Wildman–Crippen MR) is 67.7 cm³/mol. The van der Waals surface area contributed by atoms with Crippen molar-refractivity contribution in [1.29, 1.82) is 0 Å². The molecule has 6 heteroatoms. The van der Waals surface area contributed by atoms with Gasteiger partial charge >= 0.3 is 0 Å². The highest BCUT2D eigenvalue weighted by atomic mass is 32.2. The fourth-order valence-electron chi connectivity index (χ4n) is 1.62. The Labute approximate surface area is 107 Å². The SMILES string of the molecule is CC(=O)N1CCCC1.O=S(=O)(O)c1ccccc1. The van der Waals surface area contributed by atoms with E-state index in [-0.39, 0.29) is 10.8 Å². The standard InChI is InChI=1S/C6H11NO.C6H6O3S/c1-6(8)7-4-2-3-5-7;7-10(8,9)6-4-2-1-3-5-6/h2-5H2,1H3;1-5H,(H,7,8,9). The van der Waals surface area contributed by atoms with Gasteiger partial charge in [0, 0.05) is 20.0 Å². The van der Waals surface area contributed by atoms with Crippen LogP contribution in [0.3, 0.4) is 0 Å². The molecular formula is C12H17NO4S. The van der Waals surface area contributed by atoms with Crippen molar-refractivity contribution in [2.45, 2.75) is 24.7 Å². The second-order valence-corrected chi connectivity index (χ2v) is 5.42. The van der Waals surface area contributed by atoms with E-state index >= 15 is 0 Å². The smallest absolute Gasteiger partial charge is 0.294 e. The second-order valence-electron chi connectivity index (χ2n) is 4.00. The van der Waals surface area contributed by atoms with E-state index < -0.39 is 10.1 Å². The lowest BCUT2D eigenvalue weighted by atomic mass is 10.4. The first kappa shape index (κ1) is 14.7. The number of likely N-dealkylation sites (tertiary alicyclic amines) is 1. The Morgan fingerprint density at radius 3 is 1.94 bits per heavy atom. The van der Waals surface area contributed by atoms with Crippen LogP contribution in [0, 0.1) is 0 Å². The first-order chi connectivity index (χ1) is 8.41. The van der Waals surface area contributed by atoms with E-state index in [4.69, 9.17) is 4.55 Å². The monoisotopic (exact) mass is 271 g/mol. The molecule has 1 aromatic rings. The van der Waals surface area contributed by atoms with Crippen LogP contribution in [-0.2, 0) is 14.9 Å². The molecule has 5 nitrogen and oxygen atoms in total. The minimum Gasteiger partial charge on any atom is -0.343 e. The Balaban J connectivity index is 0.000000184. The molecule has 1 fully saturated rings. The van der Waals surface area contributed by atoms with Crippen molar-refractivity contribution in [2.75, 3.05) is 13.1 Å². The maximum absolute atomic E-state index is 10.6. The summed E-state index contributed by atoms with van der Waals surface area (Å²) in [5, 5.41) is 0. The summed E-state index contributed by atoms with van der Waals surface area (Å²) in [4.78, 5) is 12.4. The molecule has 0 saturated carbocycles. The van der Waals surface area contributed by atoms with Gasteiger partial charge in [0.05, 0.1) is 4.90 Å². The average Bonchev–Trinajstić information content (AvgIpc) is 2.83. The molecule has 0 atom stereocenters. The molecular weight excluding hydrogens is 254 g/mol. The van der Waals surface area contributed by atoms with Crippen molar-refractivity contribution in [3.8, 4) is 0 Å². The largest absolute Gasteiger partial charge is 0.343 e. The minimum absolute atomic E-state index is 0.0741. The molecule has 1 heterocycles. The van der Waals surface area contributed by atoms with Gasteiger partial charge in [0.1, 0.15) is 0 Å². The molecule has 1 N–H and O–H groups in total. The number of rotatable bonds is 1. The van der Waals surface area contributed by atoms with Crippen LogP contribution in [0.1, 0.15) is 19.8 Å². The summed E-state index contributed by atoms with van der Waals surface area (Å²) in [5.41, 5.74) is 0. The minimum atomic E-state index is -4.00. The number of nitrogens with zero attached hydrogens (tertiary/aromatic N) is 1. The third-order valence-corrected chi connectivity index (χ3v) is 3.46. The highest BCUT2D eigenvalue weighted by Crippen LogP contribution is 2.06. The molecule has 0 aromatic heterocycles. The summed E-state index contributed by atoms with van der Waals surface area (Å²) in [5.74, 6) is 0.225. The van der Waals surface area contributed by atoms with E-state index in [9.17, 15) is 13.2 Å². The number of hydrogen-bond acceptors (Lipinski definition) is 3. The van der Waals surface area contributed by atoms with Crippen LogP contribution in [0.4, 0.5) is 0 Å². The fourth-order valence-corrected chi connectivity index (χ4v) is 2.13. The van der Waals surface area contributed by atoms with Crippen LogP contribution in [0.5, 0.6) is 0 Å². The van der Waals surface area contributed by atoms with Gasteiger partial charge in [-0.25, -0.2) is 0 Å². The summed E-state index contributed by atoms with van der Waals surface area (Å²) in [7, 11) is -4.00. The van der Waals surface area contributed by atoms with Crippen molar-refractivity contribution in [3.63, 3.8) is 0 Å². The number of carbonyl (C=O) groups is 1. The third kappa shape index (κ3) is 4.85. The van der Waals surface area contributed by atoms with Crippen molar-refractivity contribution in [1.82, 2.24) is 4.90 Å². The van der Waals surface area contributed by atoms with Crippen molar-refractivity contribution < 1.29 is 17.8 Å². The summed E-state index contributed by atoms with van der Waals surface area (Å²) in [6.45, 7) is 3.59. The average molecular weight is 271 g/mol. The van der Waals surface area contributed by atoms with E-state index in [2.05, 4.69) is 0 Å². The molecule has 18 heavy (non-hydrogen) atoms. The maximum Gasteiger partial charge on any atom is 0.294 e. The van der Waals surface area contributed by atoms with Crippen LogP contribution in [0.2, 0.25) is 0 Å². The predicted octanol–water partition coefficient (Wildman–Crippen LogP) is 1.56. The molecule has 0 bridgehead atoms. The van der Waals surface area contributed by atoms with Gasteiger partial charge in [-0.3, -0.25) is 9.35 Å². The van der Waals surface area contributed by atoms with Gasteiger partial charge in [-0.2, -0.15) is 8.42 Å². The van der Waals surface area contributed by atoms with E-state index in [1.807, 2.05) is 4.90 Å². The molecule has 1 saturated heterocycles. The lowest BCUT2D eigenvalue weighted by molar-refractivity contribution is -0.127. The summed E-state index contributed by atoms with van der Waals surface area (Å²) < 4.78 is 29.2. The Kier molecular flexibility index (Phi) is 5.30. The Hall–Kier alpha value is -1.40. The first-order valence-electron chi connectivity index (χ1n) is 5.69. The molecule has 2 rings (SSSR count). The van der Waals surface area contributed by atoms with Gasteiger partial charge in [-0.1, -0.05) is 18.2 Å². The molecule has 1 aromatic carbocycles. The van der Waals surface area contributed by atoms with Gasteiger partial charge in [-0.15, -0.1) is 0 Å². The van der Waals surface area contributed by atoms with E-state index in [0.717, 1.165) is 13.1 Å². The van der Waals surface area contributed by atoms with Crippen molar-refractivity contribution >= 4 is 16.0 Å². The second kappa shape index (κ2) is 6.51. The summed E-state index contributed by atoms with van der Waals surface area (Å²) >= 11 is 0. The molecule has 0 aliphatic carbocycles. The Morgan fingerprint density at radius 2 is 1.67 bits per heavy atom. The number of carbonyl (C=O) groups excluding carboxylic acids is 1. The van der Waals surface area contributed by atoms with Gasteiger partial charge in [-0.05, 0) is 25.0 Å². The van der Waals surface area contributed by atoms with Crippen LogP contribution in [-0.4, -0.2) is 36.9 Å². The number of hydrogen-bond donors (Lipinski definition) is 1. The molecule has 1 aliphatic rings. The van der Waals surface area contributed by atoms with Gasteiger partial charge in [0.25, 0.3) is 10.1 Å². The van der Waals surface area contributed by atoms with Gasteiger partial charge in [0.15, 0.2) is 0 Å². The first-order valence-corrected chi connectivity index (χ1v) is 7.13. The topological polar surface area (TPSA) is 74.7 Å². The molecule has 1 amide bonds. The molecule has 1 aliphatic heterocycles. The Morgan fingerprint density at radius 1 is 1.17 bits per heavy atom. The Bertz CT molecular complexity index is 478. The van der Waals surface area contributed by atoms with E-state index in [1.54, 1.807) is 25.1 Å². The van der Waals surface area contributed by atoms with E-state index in [0.29, 0.717) is 0 Å². The maximum atomic E-state index is 10.6. The summed E-state index contributed by atoms with van der Waals surface area (Å²) in [6, 6.07) is 7.42. The summed E-state index contributed by atoms with van der Waals surface area (Å²) in [6.07, 6.45) is 2.39. The van der Waals surface area contributed by atoms with E-state index in [1.165, 1.54) is 25.0 Å². The highest BCUT2D eigenvalue weighted by molar-refractivity contribution is 7.85. The molecule has 100 valence electrons. The lowest BCUT2D eigenvalue weighted by Gasteiger charge is -2.10. The highest BCUT2D eigenvalue weighted by Gasteiger charge is 2.12. The van der Waals surface area contributed by atoms with Gasteiger partial charge in [0.2, 0.25) is 5.91 Å². The van der Waals surface area contributed by atoms with Crippen LogP contribution >= 0.6 is 0 Å².